The second-order valence-electron chi connectivity index (χ2n) is 9.12. The Bertz CT molecular complexity index is 1060. The average molecular weight is 489 g/mol. The van der Waals surface area contributed by atoms with Crippen LogP contribution < -0.4 is 4.72 Å². The molecular weight excluding hydrogens is 456 g/mol. The Morgan fingerprint density at radius 3 is 1.97 bits per heavy atom. The van der Waals surface area contributed by atoms with Gasteiger partial charge < -0.3 is 5.11 Å². The smallest absolute Gasteiger partial charge is 0.264 e. The van der Waals surface area contributed by atoms with Crippen molar-refractivity contribution in [3.05, 3.63) is 64.0 Å². The van der Waals surface area contributed by atoms with Gasteiger partial charge in [-0.05, 0) is 78.6 Å². The molecule has 1 amide bonds. The first-order chi connectivity index (χ1) is 14.1. The molecule has 0 aliphatic rings. The van der Waals surface area contributed by atoms with E-state index in [2.05, 4.69) is 4.72 Å². The molecule has 5 nitrogen and oxygen atoms in total. The van der Waals surface area contributed by atoms with Gasteiger partial charge in [-0.3, -0.25) is 4.79 Å². The van der Waals surface area contributed by atoms with Gasteiger partial charge in [-0.25, -0.2) is 17.5 Å². The van der Waals surface area contributed by atoms with Crippen molar-refractivity contribution in [1.82, 2.24) is 4.72 Å². The fraction of sp³-hybridized carbons (Fsp3) is 0.458. The molecule has 1 radical (unpaired) electrons. The number of rotatable bonds is 7. The Morgan fingerprint density at radius 1 is 1.06 bits per heavy atom. The van der Waals surface area contributed by atoms with Gasteiger partial charge in [-0.2, -0.15) is 0 Å². The van der Waals surface area contributed by atoms with Crippen LogP contribution in [0.2, 0.25) is 0 Å². The average Bonchev–Trinajstić information content (AvgIpc) is 2.60. The van der Waals surface area contributed by atoms with Crippen LogP contribution in [0, 0.1) is 12.7 Å². The van der Waals surface area contributed by atoms with E-state index < -0.39 is 21.5 Å². The molecule has 2 N–H and O–H groups in total. The van der Waals surface area contributed by atoms with Crippen molar-refractivity contribution in [1.29, 1.82) is 0 Å². The predicted molar refractivity (Wildman–Crippen MR) is 126 cm³/mol. The Kier molecular flexibility index (Phi) is 10.3. The van der Waals surface area contributed by atoms with Gasteiger partial charge in [0.15, 0.2) is 0 Å². The van der Waals surface area contributed by atoms with Crippen LogP contribution in [0.3, 0.4) is 0 Å². The normalized spacial score (nSPS) is 12.1. The third-order valence-corrected chi connectivity index (χ3v) is 6.82. The minimum absolute atomic E-state index is 0. The summed E-state index contributed by atoms with van der Waals surface area (Å²) in [4.78, 5) is 12.7. The zero-order valence-electron chi connectivity index (χ0n) is 20.2. The van der Waals surface area contributed by atoms with Gasteiger partial charge in [0.25, 0.3) is 10.0 Å². The summed E-state index contributed by atoms with van der Waals surface area (Å²) in [6, 6.07) is 7.32. The van der Waals surface area contributed by atoms with E-state index in [9.17, 15) is 22.7 Å². The maximum atomic E-state index is 14.1. The molecule has 0 saturated heterocycles. The molecule has 0 heterocycles. The fourth-order valence-electron chi connectivity index (χ4n) is 3.65. The quantitative estimate of drug-likeness (QED) is 0.570. The second-order valence-corrected chi connectivity index (χ2v) is 10.8. The number of hydrogen-bond acceptors (Lipinski definition) is 4. The van der Waals surface area contributed by atoms with Crippen molar-refractivity contribution in [2.24, 2.45) is 0 Å². The molecule has 0 spiro atoms. The molecule has 0 atom stereocenters. The standard InChI is InChI=1S/C24H32FNO4S.K/c1-14(2)19-11-18(25)12-20(15(3)4)21(19)13-23(27)26-31(29,30)22-9-8-17(10-16(22)5)24(6,7)28;/h8-12,14-15,28H,13H2,1-7H3,(H,26,27);. The Hall–Kier alpha value is -0.614. The van der Waals surface area contributed by atoms with Crippen molar-refractivity contribution in [2.75, 3.05) is 0 Å². The van der Waals surface area contributed by atoms with E-state index in [0.29, 0.717) is 27.8 Å². The van der Waals surface area contributed by atoms with Crippen LogP contribution in [0.4, 0.5) is 4.39 Å². The van der Waals surface area contributed by atoms with Gasteiger partial charge in [-0.1, -0.05) is 39.8 Å². The first-order valence-corrected chi connectivity index (χ1v) is 11.8. The first-order valence-electron chi connectivity index (χ1n) is 10.3. The van der Waals surface area contributed by atoms with E-state index in [1.54, 1.807) is 26.8 Å². The van der Waals surface area contributed by atoms with Gasteiger partial charge in [-0.15, -0.1) is 0 Å². The molecule has 0 saturated carbocycles. The Labute approximate surface area is 233 Å². The number of aliphatic hydroxyl groups is 1. The molecule has 0 bridgehead atoms. The molecule has 2 aromatic carbocycles. The van der Waals surface area contributed by atoms with Crippen LogP contribution >= 0.6 is 0 Å². The maximum absolute atomic E-state index is 14.1. The summed E-state index contributed by atoms with van der Waals surface area (Å²) < 4.78 is 42.0. The molecule has 8 heteroatoms. The zero-order chi connectivity index (χ0) is 23.7. The monoisotopic (exact) mass is 488 g/mol. The number of sulfonamides is 1. The predicted octanol–water partition coefficient (Wildman–Crippen LogP) is 4.28. The number of nitrogens with one attached hydrogen (secondary N) is 1. The minimum atomic E-state index is -4.10. The van der Waals surface area contributed by atoms with E-state index in [0.717, 1.165) is 0 Å². The summed E-state index contributed by atoms with van der Waals surface area (Å²) in [6.07, 6.45) is -0.165. The number of carbonyl (C=O) groups excluding carboxylic acids is 1. The van der Waals surface area contributed by atoms with Crippen molar-refractivity contribution in [3.8, 4) is 0 Å². The second kappa shape index (κ2) is 11.2. The molecule has 0 fully saturated rings. The van der Waals surface area contributed by atoms with Crippen LogP contribution in [0.5, 0.6) is 0 Å². The summed E-state index contributed by atoms with van der Waals surface area (Å²) in [5.74, 6) is -1.10. The first kappa shape index (κ1) is 29.4. The number of aryl methyl sites for hydroxylation is 1. The zero-order valence-corrected chi connectivity index (χ0v) is 24.1. The molecule has 0 aromatic heterocycles. The van der Waals surface area contributed by atoms with Crippen molar-refractivity contribution in [2.45, 2.75) is 77.2 Å². The molecule has 2 aromatic rings. The van der Waals surface area contributed by atoms with E-state index >= 15 is 0 Å². The van der Waals surface area contributed by atoms with Crippen LogP contribution in [0.25, 0.3) is 0 Å². The molecule has 0 aliphatic carbocycles. The van der Waals surface area contributed by atoms with Crippen LogP contribution in [0.1, 0.15) is 81.2 Å². The van der Waals surface area contributed by atoms with E-state index in [-0.39, 0.29) is 80.4 Å². The number of halogens is 1. The van der Waals surface area contributed by atoms with Crippen molar-refractivity contribution >= 4 is 67.3 Å². The van der Waals surface area contributed by atoms with Gasteiger partial charge in [0.1, 0.15) is 5.82 Å². The Morgan fingerprint density at radius 2 is 1.56 bits per heavy atom. The SMILES string of the molecule is Cc1cc(C(C)(C)O)ccc1S(=O)(=O)NC(=O)Cc1c(C(C)C)cc(F)cc1C(C)C.[K]. The Balaban J connectivity index is 0.00000512. The number of carbonyl (C=O) groups is 1. The fourth-order valence-corrected chi connectivity index (χ4v) is 4.86. The largest absolute Gasteiger partial charge is 0.386 e. The molecule has 171 valence electrons. The van der Waals surface area contributed by atoms with Crippen LogP contribution in [0.15, 0.2) is 35.2 Å². The summed E-state index contributed by atoms with van der Waals surface area (Å²) in [7, 11) is -4.10. The molecule has 0 unspecified atom stereocenters. The number of amides is 1. The summed E-state index contributed by atoms with van der Waals surface area (Å²) in [6.45, 7) is 12.5. The van der Waals surface area contributed by atoms with Crippen molar-refractivity contribution in [3.63, 3.8) is 0 Å². The van der Waals surface area contributed by atoms with Gasteiger partial charge in [0.05, 0.1) is 16.9 Å². The van der Waals surface area contributed by atoms with Gasteiger partial charge in [0, 0.05) is 51.4 Å². The number of benzene rings is 2. The molecular formula is C24H32FKNO4S. The summed E-state index contributed by atoms with van der Waals surface area (Å²) in [5, 5.41) is 10.1. The third-order valence-electron chi connectivity index (χ3n) is 5.28. The third kappa shape index (κ3) is 7.19. The minimum Gasteiger partial charge on any atom is -0.386 e. The molecule has 0 aliphatic heterocycles. The topological polar surface area (TPSA) is 83.5 Å². The number of hydrogen-bond donors (Lipinski definition) is 2. The molecule has 32 heavy (non-hydrogen) atoms. The van der Waals surface area contributed by atoms with Gasteiger partial charge >= 0.3 is 0 Å². The van der Waals surface area contributed by atoms with E-state index in [1.807, 2.05) is 27.7 Å². The maximum Gasteiger partial charge on any atom is 0.264 e. The summed E-state index contributed by atoms with van der Waals surface area (Å²) in [5.41, 5.74) is 1.94. The molecule has 2 rings (SSSR count). The van der Waals surface area contributed by atoms with Gasteiger partial charge in [0.2, 0.25) is 5.91 Å². The van der Waals surface area contributed by atoms with Crippen molar-refractivity contribution < 1.29 is 22.7 Å². The van der Waals surface area contributed by atoms with E-state index in [1.165, 1.54) is 24.3 Å². The van der Waals surface area contributed by atoms with Crippen LogP contribution in [-0.2, 0) is 26.8 Å². The van der Waals surface area contributed by atoms with E-state index in [4.69, 9.17) is 0 Å². The summed E-state index contributed by atoms with van der Waals surface area (Å²) >= 11 is 0. The van der Waals surface area contributed by atoms with Crippen LogP contribution in [-0.4, -0.2) is 70.8 Å².